The standard InChI is InChI=1S/C17H19N3/c1-3-20-16-11-7-6-10-15(16)19-17(20)12-18-14-9-5-4-8-13(14)2/h4-11,18H,3,12H2,1-2H3. The van der Waals surface area contributed by atoms with Gasteiger partial charge in [0, 0.05) is 12.2 Å². The first kappa shape index (κ1) is 12.7. The number of hydrogen-bond acceptors (Lipinski definition) is 2. The zero-order valence-electron chi connectivity index (χ0n) is 11.9. The molecule has 0 atom stereocenters. The van der Waals surface area contributed by atoms with Gasteiger partial charge in [-0.05, 0) is 37.6 Å². The van der Waals surface area contributed by atoms with Crippen molar-refractivity contribution in [2.45, 2.75) is 26.9 Å². The molecule has 0 fully saturated rings. The molecule has 0 saturated carbocycles. The summed E-state index contributed by atoms with van der Waals surface area (Å²) in [7, 11) is 0. The smallest absolute Gasteiger partial charge is 0.129 e. The zero-order valence-corrected chi connectivity index (χ0v) is 11.9. The van der Waals surface area contributed by atoms with Gasteiger partial charge in [0.15, 0.2) is 0 Å². The molecule has 0 unspecified atom stereocenters. The molecule has 0 radical (unpaired) electrons. The van der Waals surface area contributed by atoms with E-state index in [1.54, 1.807) is 0 Å². The summed E-state index contributed by atoms with van der Waals surface area (Å²) in [6.07, 6.45) is 0. The number of anilines is 1. The van der Waals surface area contributed by atoms with Gasteiger partial charge in [0.1, 0.15) is 5.82 Å². The molecular weight excluding hydrogens is 246 g/mol. The van der Waals surface area contributed by atoms with Gasteiger partial charge in [-0.1, -0.05) is 30.3 Å². The Hall–Kier alpha value is -2.29. The highest BCUT2D eigenvalue weighted by atomic mass is 15.1. The lowest BCUT2D eigenvalue weighted by Gasteiger charge is -2.10. The van der Waals surface area contributed by atoms with E-state index in [0.29, 0.717) is 0 Å². The molecular formula is C17H19N3. The van der Waals surface area contributed by atoms with Crippen molar-refractivity contribution in [2.75, 3.05) is 5.32 Å². The van der Waals surface area contributed by atoms with Crippen LogP contribution in [0.5, 0.6) is 0 Å². The van der Waals surface area contributed by atoms with Crippen LogP contribution in [0.3, 0.4) is 0 Å². The first-order chi connectivity index (χ1) is 9.79. The number of para-hydroxylation sites is 3. The number of benzene rings is 2. The monoisotopic (exact) mass is 265 g/mol. The number of fused-ring (bicyclic) bond motifs is 1. The summed E-state index contributed by atoms with van der Waals surface area (Å²) >= 11 is 0. The number of nitrogens with one attached hydrogen (secondary N) is 1. The maximum absolute atomic E-state index is 4.73. The molecule has 3 aromatic rings. The Labute approximate surface area is 119 Å². The van der Waals surface area contributed by atoms with E-state index in [0.717, 1.165) is 24.4 Å². The van der Waals surface area contributed by atoms with Gasteiger partial charge in [0.05, 0.1) is 17.6 Å². The van der Waals surface area contributed by atoms with Crippen LogP contribution in [-0.4, -0.2) is 9.55 Å². The molecule has 2 aromatic carbocycles. The molecule has 0 aliphatic carbocycles. The Morgan fingerprint density at radius 3 is 2.60 bits per heavy atom. The Balaban J connectivity index is 1.89. The van der Waals surface area contributed by atoms with Crippen LogP contribution < -0.4 is 5.32 Å². The van der Waals surface area contributed by atoms with Gasteiger partial charge in [0.25, 0.3) is 0 Å². The van der Waals surface area contributed by atoms with Crippen molar-refractivity contribution in [2.24, 2.45) is 0 Å². The van der Waals surface area contributed by atoms with Crippen molar-refractivity contribution in [1.82, 2.24) is 9.55 Å². The van der Waals surface area contributed by atoms with Crippen molar-refractivity contribution >= 4 is 16.7 Å². The van der Waals surface area contributed by atoms with Crippen LogP contribution in [0.2, 0.25) is 0 Å². The second-order valence-electron chi connectivity index (χ2n) is 4.93. The maximum Gasteiger partial charge on any atom is 0.129 e. The highest BCUT2D eigenvalue weighted by Crippen LogP contribution is 2.18. The average Bonchev–Trinajstić information content (AvgIpc) is 2.84. The molecule has 0 spiro atoms. The molecule has 102 valence electrons. The van der Waals surface area contributed by atoms with Crippen LogP contribution in [0.1, 0.15) is 18.3 Å². The molecule has 0 aliphatic rings. The van der Waals surface area contributed by atoms with Crippen LogP contribution in [0.15, 0.2) is 48.5 Å². The van der Waals surface area contributed by atoms with Gasteiger partial charge < -0.3 is 9.88 Å². The normalized spacial score (nSPS) is 10.9. The lowest BCUT2D eigenvalue weighted by atomic mass is 10.2. The Bertz CT molecular complexity index is 728. The van der Waals surface area contributed by atoms with Crippen LogP contribution in [-0.2, 0) is 13.1 Å². The Kier molecular flexibility index (Phi) is 3.42. The second kappa shape index (κ2) is 5.37. The van der Waals surface area contributed by atoms with Gasteiger partial charge in [-0.2, -0.15) is 0 Å². The lowest BCUT2D eigenvalue weighted by molar-refractivity contribution is 0.728. The molecule has 3 heteroatoms. The molecule has 0 amide bonds. The molecule has 1 aromatic heterocycles. The van der Waals surface area contributed by atoms with Crippen molar-refractivity contribution in [3.8, 4) is 0 Å². The van der Waals surface area contributed by atoms with Gasteiger partial charge in [-0.25, -0.2) is 4.98 Å². The molecule has 1 N–H and O–H groups in total. The lowest BCUT2D eigenvalue weighted by Crippen LogP contribution is -2.08. The van der Waals surface area contributed by atoms with E-state index in [2.05, 4.69) is 66.2 Å². The average molecular weight is 265 g/mol. The fourth-order valence-corrected chi connectivity index (χ4v) is 2.56. The zero-order chi connectivity index (χ0) is 13.9. The molecule has 0 aliphatic heterocycles. The first-order valence-corrected chi connectivity index (χ1v) is 7.03. The van der Waals surface area contributed by atoms with Crippen LogP contribution in [0, 0.1) is 6.92 Å². The molecule has 3 rings (SSSR count). The van der Waals surface area contributed by atoms with Gasteiger partial charge in [-0.3, -0.25) is 0 Å². The third-order valence-corrected chi connectivity index (χ3v) is 3.63. The first-order valence-electron chi connectivity index (χ1n) is 7.03. The number of rotatable bonds is 4. The topological polar surface area (TPSA) is 29.9 Å². The minimum Gasteiger partial charge on any atom is -0.378 e. The predicted octanol–water partition coefficient (Wildman–Crippen LogP) is 3.98. The highest BCUT2D eigenvalue weighted by Gasteiger charge is 2.08. The summed E-state index contributed by atoms with van der Waals surface area (Å²) < 4.78 is 2.26. The van der Waals surface area contributed by atoms with E-state index >= 15 is 0 Å². The van der Waals surface area contributed by atoms with E-state index in [1.807, 2.05) is 6.07 Å². The van der Waals surface area contributed by atoms with Gasteiger partial charge in [-0.15, -0.1) is 0 Å². The summed E-state index contributed by atoms with van der Waals surface area (Å²) in [6.45, 7) is 5.95. The minimum atomic E-state index is 0.743. The van der Waals surface area contributed by atoms with E-state index in [-0.39, 0.29) is 0 Å². The Morgan fingerprint density at radius 1 is 1.05 bits per heavy atom. The quantitative estimate of drug-likeness (QED) is 0.773. The number of aryl methyl sites for hydroxylation is 2. The molecule has 0 bridgehead atoms. The third-order valence-electron chi connectivity index (χ3n) is 3.63. The van der Waals surface area contributed by atoms with Gasteiger partial charge in [0.2, 0.25) is 0 Å². The largest absolute Gasteiger partial charge is 0.378 e. The highest BCUT2D eigenvalue weighted by molar-refractivity contribution is 5.76. The predicted molar refractivity (Wildman–Crippen MR) is 83.9 cm³/mol. The van der Waals surface area contributed by atoms with E-state index < -0.39 is 0 Å². The SMILES string of the molecule is CCn1c(CNc2ccccc2C)nc2ccccc21. The van der Waals surface area contributed by atoms with Gasteiger partial charge >= 0.3 is 0 Å². The van der Waals surface area contributed by atoms with Crippen LogP contribution in [0.4, 0.5) is 5.69 Å². The van der Waals surface area contributed by atoms with Crippen LogP contribution >= 0.6 is 0 Å². The molecule has 0 saturated heterocycles. The minimum absolute atomic E-state index is 0.743. The number of imidazole rings is 1. The number of hydrogen-bond donors (Lipinski definition) is 1. The fraction of sp³-hybridized carbons (Fsp3) is 0.235. The third kappa shape index (κ3) is 2.27. The summed E-state index contributed by atoms with van der Waals surface area (Å²) in [4.78, 5) is 4.73. The summed E-state index contributed by atoms with van der Waals surface area (Å²) in [5.74, 6) is 1.08. The van der Waals surface area contributed by atoms with Crippen LogP contribution in [0.25, 0.3) is 11.0 Å². The van der Waals surface area contributed by atoms with Crippen molar-refractivity contribution in [1.29, 1.82) is 0 Å². The number of nitrogens with zero attached hydrogens (tertiary/aromatic N) is 2. The van der Waals surface area contributed by atoms with Crippen molar-refractivity contribution < 1.29 is 0 Å². The van der Waals surface area contributed by atoms with E-state index in [1.165, 1.54) is 16.8 Å². The Morgan fingerprint density at radius 2 is 1.80 bits per heavy atom. The van der Waals surface area contributed by atoms with E-state index in [4.69, 9.17) is 4.98 Å². The molecule has 20 heavy (non-hydrogen) atoms. The van der Waals surface area contributed by atoms with E-state index in [9.17, 15) is 0 Å². The van der Waals surface area contributed by atoms with Crippen molar-refractivity contribution in [3.05, 3.63) is 59.9 Å². The number of aromatic nitrogens is 2. The molecule has 1 heterocycles. The summed E-state index contributed by atoms with van der Waals surface area (Å²) in [6, 6.07) is 16.6. The maximum atomic E-state index is 4.73. The van der Waals surface area contributed by atoms with Crippen molar-refractivity contribution in [3.63, 3.8) is 0 Å². The summed E-state index contributed by atoms with van der Waals surface area (Å²) in [5, 5.41) is 3.48. The fourth-order valence-electron chi connectivity index (χ4n) is 2.56. The summed E-state index contributed by atoms with van der Waals surface area (Å²) in [5.41, 5.74) is 4.70. The molecule has 3 nitrogen and oxygen atoms in total. The second-order valence-corrected chi connectivity index (χ2v) is 4.93.